The predicted molar refractivity (Wildman–Crippen MR) is 144 cm³/mol. The topological polar surface area (TPSA) is 88.0 Å². The molecule has 37 heavy (non-hydrogen) atoms. The molecule has 7 heteroatoms. The van der Waals surface area contributed by atoms with Gasteiger partial charge in [0.2, 0.25) is 0 Å². The van der Waals surface area contributed by atoms with E-state index in [-0.39, 0.29) is 12.8 Å². The van der Waals surface area contributed by atoms with Gasteiger partial charge in [0.1, 0.15) is 11.2 Å². The minimum atomic E-state index is -1.22. The van der Waals surface area contributed by atoms with Gasteiger partial charge in [0.05, 0.1) is 25.0 Å². The zero-order valence-corrected chi connectivity index (χ0v) is 24.0. The zero-order valence-electron chi connectivity index (χ0n) is 20.0. The van der Waals surface area contributed by atoms with Crippen molar-refractivity contribution in [2.75, 3.05) is 0 Å². The van der Waals surface area contributed by atoms with Gasteiger partial charge in [-0.05, 0) is 22.3 Å². The van der Waals surface area contributed by atoms with Crippen molar-refractivity contribution in [1.29, 1.82) is 10.5 Å². The number of rotatable bonds is 6. The summed E-state index contributed by atoms with van der Waals surface area (Å²) in [7, 11) is 9.87. The van der Waals surface area contributed by atoms with Gasteiger partial charge in [-0.2, -0.15) is 10.5 Å². The van der Waals surface area contributed by atoms with Crippen molar-refractivity contribution in [3.8, 4) is 12.1 Å². The van der Waals surface area contributed by atoms with E-state index in [9.17, 15) is 10.2 Å². The molecule has 0 fully saturated rings. The van der Waals surface area contributed by atoms with Gasteiger partial charge in [-0.15, -0.1) is 0 Å². The van der Waals surface area contributed by atoms with Crippen LogP contribution in [0.15, 0.2) is 121 Å². The molecule has 0 bridgehead atoms. The Morgan fingerprint density at radius 2 is 0.703 bits per heavy atom. The van der Waals surface area contributed by atoms with E-state index in [0.29, 0.717) is 0 Å². The van der Waals surface area contributed by atoms with Gasteiger partial charge >= 0.3 is 37.9 Å². The molecule has 0 saturated carbocycles. The Labute approximate surface area is 237 Å². The van der Waals surface area contributed by atoms with Gasteiger partial charge in [0, 0.05) is 0 Å². The maximum atomic E-state index is 10.7. The molecule has 0 aliphatic heterocycles. The molecule has 0 aromatic heterocycles. The molecule has 0 saturated heterocycles. The molecule has 4 aromatic carbocycles. The summed E-state index contributed by atoms with van der Waals surface area (Å²) in [6, 6.07) is 41.3. The Bertz CT molecular complexity index is 1080. The zero-order chi connectivity index (χ0) is 27.0. The van der Waals surface area contributed by atoms with Crippen molar-refractivity contribution in [3.05, 3.63) is 144 Å². The normalized spacial score (nSPS) is 10.3. The number of nitrogens with zero attached hydrogens (tertiary/aromatic N) is 2. The maximum absolute atomic E-state index is 10.7. The summed E-state index contributed by atoms with van der Waals surface area (Å²) in [5.41, 5.74) is 0.523. The van der Waals surface area contributed by atoms with Crippen LogP contribution >= 0.6 is 17.0 Å². The summed E-state index contributed by atoms with van der Waals surface area (Å²) >= 11 is -0.826. The molecular formula is C30H26Cl2N2O2Zr. The van der Waals surface area contributed by atoms with E-state index < -0.39 is 32.1 Å². The van der Waals surface area contributed by atoms with Crippen LogP contribution < -0.4 is 0 Å². The average Bonchev–Trinajstić information content (AvgIpc) is 2.96. The number of hydrogen-bond donors (Lipinski definition) is 2. The van der Waals surface area contributed by atoms with E-state index in [2.05, 4.69) is 12.1 Å². The molecule has 0 heterocycles. The molecule has 4 aromatic rings. The summed E-state index contributed by atoms with van der Waals surface area (Å²) in [5.74, 6) is 0. The second-order valence-corrected chi connectivity index (χ2v) is 11.7. The van der Waals surface area contributed by atoms with Gasteiger partial charge in [-0.3, -0.25) is 0 Å². The molecule has 0 aliphatic rings. The van der Waals surface area contributed by atoms with Crippen LogP contribution in [0.3, 0.4) is 0 Å². The second-order valence-electron chi connectivity index (χ2n) is 7.93. The van der Waals surface area contributed by atoms with Crippen LogP contribution in [0.5, 0.6) is 0 Å². The summed E-state index contributed by atoms with van der Waals surface area (Å²) in [4.78, 5) is 0. The molecule has 0 aliphatic carbocycles. The Kier molecular flexibility index (Phi) is 13.3. The van der Waals surface area contributed by atoms with Crippen LogP contribution in [0.1, 0.15) is 35.1 Å². The van der Waals surface area contributed by atoms with Crippen LogP contribution in [0.25, 0.3) is 0 Å². The number of nitriles is 2. The van der Waals surface area contributed by atoms with Gasteiger partial charge in [0.25, 0.3) is 0 Å². The predicted octanol–water partition coefficient (Wildman–Crippen LogP) is 7.05. The number of aliphatic hydroxyl groups is 2. The molecule has 0 spiro atoms. The van der Waals surface area contributed by atoms with Gasteiger partial charge in [0.15, 0.2) is 0 Å². The molecule has 0 amide bonds. The van der Waals surface area contributed by atoms with E-state index in [1.54, 1.807) is 0 Å². The van der Waals surface area contributed by atoms with Crippen molar-refractivity contribution in [1.82, 2.24) is 0 Å². The Morgan fingerprint density at radius 1 is 0.514 bits per heavy atom. The van der Waals surface area contributed by atoms with E-state index in [0.717, 1.165) is 22.3 Å². The fourth-order valence-electron chi connectivity index (χ4n) is 3.83. The second kappa shape index (κ2) is 16.2. The third-order valence-electron chi connectivity index (χ3n) is 5.68. The summed E-state index contributed by atoms with van der Waals surface area (Å²) in [5, 5.41) is 39.3. The summed E-state index contributed by atoms with van der Waals surface area (Å²) < 4.78 is 0. The van der Waals surface area contributed by atoms with Crippen molar-refractivity contribution >= 4 is 17.0 Å². The van der Waals surface area contributed by atoms with Crippen LogP contribution in [0.2, 0.25) is 0 Å². The van der Waals surface area contributed by atoms with Crippen LogP contribution in [0, 0.1) is 22.7 Å². The quantitative estimate of drug-likeness (QED) is 0.246. The number of hydrogen-bond acceptors (Lipinski definition) is 4. The molecule has 4 rings (SSSR count). The summed E-state index contributed by atoms with van der Waals surface area (Å²) in [6.07, 6.45) is 0.0854. The fraction of sp³-hybridized carbons (Fsp3) is 0.133. The Hall–Kier alpha value is -2.76. The summed E-state index contributed by atoms with van der Waals surface area (Å²) in [6.45, 7) is 0. The SMILES string of the molecule is N#CCC(O)(c1ccccc1)c1ccccc1.N#CCC(O)(c1ccccc1)c1ccccc1.[Cl][Zr][Cl]. The van der Waals surface area contributed by atoms with Crippen LogP contribution in [-0.4, -0.2) is 10.2 Å². The van der Waals surface area contributed by atoms with Crippen molar-refractivity contribution in [2.24, 2.45) is 0 Å². The fourth-order valence-corrected chi connectivity index (χ4v) is 3.83. The molecule has 0 unspecified atom stereocenters. The molecule has 0 atom stereocenters. The standard InChI is InChI=1S/2C15H13NO.2ClH.Zr/c2*16-12-11-15(17,13-7-3-1-4-8-13)14-9-5-2-6-10-14;;;/h2*1-10,17H,11H2;2*1H;/q;;;;+2/p-2. The first kappa shape index (κ1) is 30.5. The molecule has 4 nitrogen and oxygen atoms in total. The first-order valence-electron chi connectivity index (χ1n) is 11.3. The molecule has 2 N–H and O–H groups in total. The van der Waals surface area contributed by atoms with Gasteiger partial charge in [-0.25, -0.2) is 0 Å². The third kappa shape index (κ3) is 8.65. The van der Waals surface area contributed by atoms with E-state index in [1.165, 1.54) is 0 Å². The minimum absolute atomic E-state index is 0.0427. The van der Waals surface area contributed by atoms with Gasteiger partial charge < -0.3 is 10.2 Å². The Morgan fingerprint density at radius 3 is 0.865 bits per heavy atom. The van der Waals surface area contributed by atoms with E-state index in [1.807, 2.05) is 121 Å². The third-order valence-corrected chi connectivity index (χ3v) is 5.68. The van der Waals surface area contributed by atoms with Crippen LogP contribution in [0.4, 0.5) is 0 Å². The average molecular weight is 609 g/mol. The van der Waals surface area contributed by atoms with Gasteiger partial charge in [-0.1, -0.05) is 121 Å². The van der Waals surface area contributed by atoms with E-state index in [4.69, 9.17) is 27.5 Å². The number of halogens is 2. The first-order valence-corrected chi connectivity index (χ1v) is 17.7. The van der Waals surface area contributed by atoms with Crippen molar-refractivity contribution in [3.63, 3.8) is 0 Å². The van der Waals surface area contributed by atoms with E-state index >= 15 is 0 Å². The molecule has 186 valence electrons. The molecule has 0 radical (unpaired) electrons. The number of benzene rings is 4. The monoisotopic (exact) mass is 606 g/mol. The Balaban J connectivity index is 0.000000235. The van der Waals surface area contributed by atoms with Crippen molar-refractivity contribution < 1.29 is 31.1 Å². The van der Waals surface area contributed by atoms with Crippen LogP contribution in [-0.2, 0) is 32.1 Å². The first-order chi connectivity index (χ1) is 18.0. The van der Waals surface area contributed by atoms with Crippen molar-refractivity contribution in [2.45, 2.75) is 24.0 Å². The molecular weight excluding hydrogens is 582 g/mol.